The van der Waals surface area contributed by atoms with Crippen LogP contribution in [0.1, 0.15) is 38.2 Å². The molecule has 0 fully saturated rings. The highest BCUT2D eigenvalue weighted by Crippen LogP contribution is 2.16. The molecule has 0 atom stereocenters. The lowest BCUT2D eigenvalue weighted by Gasteiger charge is -2.01. The quantitative estimate of drug-likeness (QED) is 0.694. The molecule has 1 aromatic heterocycles. The molecular formula is C14H19N. The number of aryl methyl sites for hydroxylation is 1. The average Bonchev–Trinajstić information content (AvgIpc) is 2.71. The highest BCUT2D eigenvalue weighted by atomic mass is 14.7. The van der Waals surface area contributed by atoms with Crippen molar-refractivity contribution in [1.29, 1.82) is 0 Å². The Morgan fingerprint density at radius 3 is 2.87 bits per heavy atom. The van der Waals surface area contributed by atoms with Gasteiger partial charge in [0.15, 0.2) is 0 Å². The summed E-state index contributed by atoms with van der Waals surface area (Å²) in [4.78, 5) is 3.22. The molecule has 1 aromatic carbocycles. The van der Waals surface area contributed by atoms with Gasteiger partial charge in [0.25, 0.3) is 0 Å². The Labute approximate surface area is 91.5 Å². The van der Waals surface area contributed by atoms with Gasteiger partial charge >= 0.3 is 0 Å². The number of rotatable bonds is 5. The molecule has 1 N–H and O–H groups in total. The van der Waals surface area contributed by atoms with Gasteiger partial charge in [-0.25, -0.2) is 0 Å². The molecule has 0 bridgehead atoms. The van der Waals surface area contributed by atoms with Crippen LogP contribution in [0.2, 0.25) is 0 Å². The molecule has 1 heterocycles. The van der Waals surface area contributed by atoms with Crippen molar-refractivity contribution in [3.63, 3.8) is 0 Å². The monoisotopic (exact) mass is 201 g/mol. The minimum atomic E-state index is 1.22. The summed E-state index contributed by atoms with van der Waals surface area (Å²) >= 11 is 0. The van der Waals surface area contributed by atoms with E-state index in [1.54, 1.807) is 0 Å². The van der Waals surface area contributed by atoms with Crippen LogP contribution in [-0.2, 0) is 6.42 Å². The van der Waals surface area contributed by atoms with Crippen LogP contribution in [0.3, 0.4) is 0 Å². The summed E-state index contributed by atoms with van der Waals surface area (Å²) in [7, 11) is 0. The highest BCUT2D eigenvalue weighted by molar-refractivity contribution is 5.79. The topological polar surface area (TPSA) is 15.8 Å². The van der Waals surface area contributed by atoms with Crippen LogP contribution in [0.15, 0.2) is 30.5 Å². The number of hydrogen-bond donors (Lipinski definition) is 1. The number of nitrogens with one attached hydrogen (secondary N) is 1. The summed E-state index contributed by atoms with van der Waals surface area (Å²) in [5, 5.41) is 1.34. The molecule has 2 rings (SSSR count). The summed E-state index contributed by atoms with van der Waals surface area (Å²) in [6, 6.07) is 8.87. The fourth-order valence-corrected chi connectivity index (χ4v) is 2.01. The summed E-state index contributed by atoms with van der Waals surface area (Å²) in [6.07, 6.45) is 8.60. The van der Waals surface area contributed by atoms with Crippen molar-refractivity contribution in [2.45, 2.75) is 39.0 Å². The van der Waals surface area contributed by atoms with Gasteiger partial charge < -0.3 is 4.98 Å². The molecule has 2 aromatic rings. The molecule has 0 saturated carbocycles. The van der Waals surface area contributed by atoms with Crippen molar-refractivity contribution in [3.8, 4) is 0 Å². The molecule has 0 aliphatic heterocycles. The van der Waals surface area contributed by atoms with Crippen molar-refractivity contribution in [1.82, 2.24) is 4.98 Å². The molecule has 1 heteroatoms. The largest absolute Gasteiger partial charge is 0.361 e. The highest BCUT2D eigenvalue weighted by Gasteiger charge is 1.97. The molecule has 0 spiro atoms. The summed E-state index contributed by atoms with van der Waals surface area (Å²) in [5.74, 6) is 0. The summed E-state index contributed by atoms with van der Waals surface area (Å²) in [5.41, 5.74) is 2.71. The smallest absolute Gasteiger partial charge is 0.0454 e. The number of unbranched alkanes of at least 4 members (excludes halogenated alkanes) is 3. The Hall–Kier alpha value is -1.24. The molecular weight excluding hydrogens is 182 g/mol. The lowest BCUT2D eigenvalue weighted by atomic mass is 10.0. The SMILES string of the molecule is CCCCCCc1ccc2[nH]ccc2c1. The first kappa shape index (κ1) is 10.3. The van der Waals surface area contributed by atoms with E-state index in [1.165, 1.54) is 48.6 Å². The van der Waals surface area contributed by atoms with E-state index in [0.717, 1.165) is 0 Å². The lowest BCUT2D eigenvalue weighted by molar-refractivity contribution is 0.667. The molecule has 0 amide bonds. The predicted octanol–water partition coefficient (Wildman–Crippen LogP) is 4.29. The van der Waals surface area contributed by atoms with Crippen LogP contribution in [0, 0.1) is 0 Å². The van der Waals surface area contributed by atoms with Crippen molar-refractivity contribution in [2.75, 3.05) is 0 Å². The second-order valence-electron chi connectivity index (χ2n) is 4.21. The van der Waals surface area contributed by atoms with Gasteiger partial charge in [-0.15, -0.1) is 0 Å². The van der Waals surface area contributed by atoms with Gasteiger partial charge in [0.2, 0.25) is 0 Å². The first-order valence-corrected chi connectivity index (χ1v) is 5.96. The van der Waals surface area contributed by atoms with Gasteiger partial charge in [-0.05, 0) is 42.0 Å². The molecule has 0 aliphatic rings. The second kappa shape index (κ2) is 5.01. The van der Waals surface area contributed by atoms with Gasteiger partial charge in [0.1, 0.15) is 0 Å². The number of H-pyrrole nitrogens is 1. The first-order chi connectivity index (χ1) is 7.40. The molecule has 0 saturated heterocycles. The number of aromatic nitrogens is 1. The number of benzene rings is 1. The number of hydrogen-bond acceptors (Lipinski definition) is 0. The van der Waals surface area contributed by atoms with Crippen molar-refractivity contribution in [3.05, 3.63) is 36.0 Å². The number of fused-ring (bicyclic) bond motifs is 1. The van der Waals surface area contributed by atoms with E-state index in [1.807, 2.05) is 6.20 Å². The van der Waals surface area contributed by atoms with E-state index in [2.05, 4.69) is 36.2 Å². The van der Waals surface area contributed by atoms with Crippen LogP contribution < -0.4 is 0 Å². The van der Waals surface area contributed by atoms with Gasteiger partial charge in [0.05, 0.1) is 0 Å². The van der Waals surface area contributed by atoms with Crippen molar-refractivity contribution in [2.24, 2.45) is 0 Å². The Morgan fingerprint density at radius 2 is 2.00 bits per heavy atom. The normalized spacial score (nSPS) is 11.0. The third-order valence-corrected chi connectivity index (χ3v) is 2.94. The lowest BCUT2D eigenvalue weighted by Crippen LogP contribution is -1.85. The minimum Gasteiger partial charge on any atom is -0.361 e. The summed E-state index contributed by atoms with van der Waals surface area (Å²) < 4.78 is 0. The van der Waals surface area contributed by atoms with Crippen LogP contribution in [0.4, 0.5) is 0 Å². The van der Waals surface area contributed by atoms with Gasteiger partial charge in [-0.3, -0.25) is 0 Å². The zero-order valence-electron chi connectivity index (χ0n) is 9.42. The third-order valence-electron chi connectivity index (χ3n) is 2.94. The van der Waals surface area contributed by atoms with Crippen LogP contribution >= 0.6 is 0 Å². The van der Waals surface area contributed by atoms with Gasteiger partial charge in [-0.1, -0.05) is 32.3 Å². The molecule has 0 unspecified atom stereocenters. The standard InChI is InChI=1S/C14H19N/c1-2-3-4-5-6-12-7-8-14-13(11-12)9-10-15-14/h7-11,15H,2-6H2,1H3. The fourth-order valence-electron chi connectivity index (χ4n) is 2.01. The maximum atomic E-state index is 3.22. The molecule has 80 valence electrons. The van der Waals surface area contributed by atoms with E-state index < -0.39 is 0 Å². The predicted molar refractivity (Wildman–Crippen MR) is 66.1 cm³/mol. The van der Waals surface area contributed by atoms with E-state index in [4.69, 9.17) is 0 Å². The second-order valence-corrected chi connectivity index (χ2v) is 4.21. The van der Waals surface area contributed by atoms with Crippen molar-refractivity contribution >= 4 is 10.9 Å². The maximum Gasteiger partial charge on any atom is 0.0454 e. The Bertz CT molecular complexity index is 414. The van der Waals surface area contributed by atoms with Crippen LogP contribution in [-0.4, -0.2) is 4.98 Å². The van der Waals surface area contributed by atoms with Crippen molar-refractivity contribution < 1.29 is 0 Å². The molecule has 0 radical (unpaired) electrons. The first-order valence-electron chi connectivity index (χ1n) is 5.96. The van der Waals surface area contributed by atoms with Crippen LogP contribution in [0.5, 0.6) is 0 Å². The van der Waals surface area contributed by atoms with Gasteiger partial charge in [0, 0.05) is 11.7 Å². The maximum absolute atomic E-state index is 3.22. The summed E-state index contributed by atoms with van der Waals surface area (Å²) in [6.45, 7) is 2.26. The van der Waals surface area contributed by atoms with Gasteiger partial charge in [-0.2, -0.15) is 0 Å². The van der Waals surface area contributed by atoms with E-state index in [0.29, 0.717) is 0 Å². The van der Waals surface area contributed by atoms with E-state index >= 15 is 0 Å². The Kier molecular flexibility index (Phi) is 3.44. The average molecular weight is 201 g/mol. The molecule has 15 heavy (non-hydrogen) atoms. The zero-order chi connectivity index (χ0) is 10.5. The van der Waals surface area contributed by atoms with E-state index in [-0.39, 0.29) is 0 Å². The molecule has 1 nitrogen and oxygen atoms in total. The third kappa shape index (κ3) is 2.62. The Morgan fingerprint density at radius 1 is 1.07 bits per heavy atom. The Balaban J connectivity index is 1.96. The fraction of sp³-hybridized carbons (Fsp3) is 0.429. The minimum absolute atomic E-state index is 1.22. The molecule has 0 aliphatic carbocycles. The van der Waals surface area contributed by atoms with Crippen LogP contribution in [0.25, 0.3) is 10.9 Å². The zero-order valence-corrected chi connectivity index (χ0v) is 9.42. The van der Waals surface area contributed by atoms with E-state index in [9.17, 15) is 0 Å². The number of aromatic amines is 1.